The van der Waals surface area contributed by atoms with Gasteiger partial charge in [0.1, 0.15) is 12.0 Å². The number of anilines is 1. The van der Waals surface area contributed by atoms with Gasteiger partial charge in [-0.2, -0.15) is 4.68 Å². The van der Waals surface area contributed by atoms with Crippen LogP contribution < -0.4 is 11.1 Å². The Bertz CT molecular complexity index is 1120. The van der Waals surface area contributed by atoms with Gasteiger partial charge in [0.25, 0.3) is 11.8 Å². The van der Waals surface area contributed by atoms with Gasteiger partial charge in [-0.15, -0.1) is 16.4 Å². The van der Waals surface area contributed by atoms with Crippen LogP contribution in [0.4, 0.5) is 5.13 Å². The zero-order valence-electron chi connectivity index (χ0n) is 13.7. The molecule has 0 aliphatic heterocycles. The zero-order valence-corrected chi connectivity index (χ0v) is 14.5. The lowest BCUT2D eigenvalue weighted by Gasteiger charge is -2.07. The minimum absolute atomic E-state index is 0.291. The molecule has 27 heavy (non-hydrogen) atoms. The molecule has 2 amide bonds. The number of tetrazole rings is 1. The second-order valence-electron chi connectivity index (χ2n) is 5.43. The van der Waals surface area contributed by atoms with Gasteiger partial charge in [0.15, 0.2) is 5.13 Å². The van der Waals surface area contributed by atoms with Gasteiger partial charge in [-0.25, -0.2) is 4.98 Å². The Labute approximate surface area is 156 Å². The number of amides is 2. The number of hydrogen-bond donors (Lipinski definition) is 3. The number of aromatic nitrogens is 6. The molecule has 0 aliphatic rings. The number of H-pyrrole nitrogens is 1. The average Bonchev–Trinajstić information content (AvgIpc) is 3.42. The summed E-state index contributed by atoms with van der Waals surface area (Å²) in [5, 5.41) is 16.0. The summed E-state index contributed by atoms with van der Waals surface area (Å²) < 4.78 is 1.41. The van der Waals surface area contributed by atoms with E-state index in [1.807, 2.05) is 0 Å². The number of nitrogens with one attached hydrogen (secondary N) is 2. The second kappa shape index (κ2) is 6.80. The van der Waals surface area contributed by atoms with E-state index in [0.717, 1.165) is 0 Å². The SMILES string of the molecule is NC(=O)c1cc(-c2csc(NC(=O)c3ccccc3-n3cnnn3)n2)c[nH]1. The van der Waals surface area contributed by atoms with Gasteiger partial charge in [0, 0.05) is 17.1 Å². The third-order valence-electron chi connectivity index (χ3n) is 3.71. The predicted molar refractivity (Wildman–Crippen MR) is 97.5 cm³/mol. The number of rotatable bonds is 5. The molecule has 0 saturated carbocycles. The lowest BCUT2D eigenvalue weighted by atomic mass is 10.1. The fourth-order valence-electron chi connectivity index (χ4n) is 2.45. The quantitative estimate of drug-likeness (QED) is 0.478. The molecule has 0 unspecified atom stereocenters. The third-order valence-corrected chi connectivity index (χ3v) is 4.47. The second-order valence-corrected chi connectivity index (χ2v) is 6.29. The highest BCUT2D eigenvalue weighted by Gasteiger charge is 2.16. The number of benzene rings is 1. The maximum absolute atomic E-state index is 12.7. The van der Waals surface area contributed by atoms with Crippen LogP contribution >= 0.6 is 11.3 Å². The van der Waals surface area contributed by atoms with Crippen LogP contribution in [-0.2, 0) is 0 Å². The van der Waals surface area contributed by atoms with E-state index in [2.05, 4.69) is 30.8 Å². The molecule has 4 rings (SSSR count). The monoisotopic (exact) mass is 380 g/mol. The predicted octanol–water partition coefficient (Wildman–Crippen LogP) is 1.47. The Morgan fingerprint density at radius 3 is 2.85 bits per heavy atom. The van der Waals surface area contributed by atoms with Gasteiger partial charge >= 0.3 is 0 Å². The standard InChI is InChI=1S/C16H12N8O2S/c17-14(25)11-5-9(6-18-11)12-7-27-16(20-12)21-15(26)10-3-1-2-4-13(10)24-8-19-22-23-24/h1-8,18H,(H2,17,25)(H,20,21,26). The van der Waals surface area contributed by atoms with Crippen LogP contribution in [0.5, 0.6) is 0 Å². The summed E-state index contributed by atoms with van der Waals surface area (Å²) in [5.41, 5.74) is 7.80. The van der Waals surface area contributed by atoms with Gasteiger partial charge in [0.05, 0.1) is 16.9 Å². The van der Waals surface area contributed by atoms with Crippen molar-refractivity contribution in [1.82, 2.24) is 30.2 Å². The van der Waals surface area contributed by atoms with E-state index < -0.39 is 5.91 Å². The molecule has 11 heteroatoms. The summed E-state index contributed by atoms with van der Waals surface area (Å²) >= 11 is 1.27. The Kier molecular flexibility index (Phi) is 4.18. The summed E-state index contributed by atoms with van der Waals surface area (Å²) in [4.78, 5) is 31.0. The number of carbonyl (C=O) groups excluding carboxylic acids is 2. The van der Waals surface area contributed by atoms with Crippen LogP contribution in [0.25, 0.3) is 16.9 Å². The number of para-hydroxylation sites is 1. The Balaban J connectivity index is 1.56. The van der Waals surface area contributed by atoms with Gasteiger partial charge in [-0.1, -0.05) is 12.1 Å². The highest BCUT2D eigenvalue weighted by atomic mass is 32.1. The minimum atomic E-state index is -0.552. The van der Waals surface area contributed by atoms with Crippen molar-refractivity contribution < 1.29 is 9.59 Å². The molecular formula is C16H12N8O2S. The van der Waals surface area contributed by atoms with Gasteiger partial charge in [0.2, 0.25) is 0 Å². The van der Waals surface area contributed by atoms with Crippen molar-refractivity contribution in [2.75, 3.05) is 5.32 Å². The van der Waals surface area contributed by atoms with Gasteiger partial charge in [-0.3, -0.25) is 14.9 Å². The van der Waals surface area contributed by atoms with Crippen LogP contribution in [0.3, 0.4) is 0 Å². The normalized spacial score (nSPS) is 10.7. The molecule has 3 aromatic heterocycles. The topological polar surface area (TPSA) is 144 Å². The molecule has 4 aromatic rings. The van der Waals surface area contributed by atoms with Crippen molar-refractivity contribution in [1.29, 1.82) is 0 Å². The Morgan fingerprint density at radius 1 is 1.26 bits per heavy atom. The summed E-state index contributed by atoms with van der Waals surface area (Å²) in [6.45, 7) is 0. The fourth-order valence-corrected chi connectivity index (χ4v) is 3.16. The number of carbonyl (C=O) groups is 2. The molecule has 0 spiro atoms. The number of nitrogens with zero attached hydrogens (tertiary/aromatic N) is 5. The number of aromatic amines is 1. The first-order valence-corrected chi connectivity index (χ1v) is 8.57. The van der Waals surface area contributed by atoms with E-state index in [1.165, 1.54) is 22.3 Å². The largest absolute Gasteiger partial charge is 0.364 e. The summed E-state index contributed by atoms with van der Waals surface area (Å²) in [5.74, 6) is -0.891. The highest BCUT2D eigenvalue weighted by Crippen LogP contribution is 2.26. The van der Waals surface area contributed by atoms with Crippen LogP contribution in [0.15, 0.2) is 48.2 Å². The number of nitrogens with two attached hydrogens (primary N) is 1. The van der Waals surface area contributed by atoms with Gasteiger partial charge < -0.3 is 10.7 Å². The molecule has 0 bridgehead atoms. The molecule has 0 fully saturated rings. The van der Waals surface area contributed by atoms with Crippen molar-refractivity contribution >= 4 is 28.3 Å². The molecule has 0 aliphatic carbocycles. The number of thiazole rings is 1. The van der Waals surface area contributed by atoms with Gasteiger partial charge in [-0.05, 0) is 28.6 Å². The molecule has 10 nitrogen and oxygen atoms in total. The summed E-state index contributed by atoms with van der Waals surface area (Å²) in [6, 6.07) is 8.56. The van der Waals surface area contributed by atoms with E-state index in [4.69, 9.17) is 5.73 Å². The lowest BCUT2D eigenvalue weighted by molar-refractivity contribution is 0.0994. The van der Waals surface area contributed by atoms with E-state index in [9.17, 15) is 9.59 Å². The lowest BCUT2D eigenvalue weighted by Crippen LogP contribution is -2.15. The molecular weight excluding hydrogens is 368 g/mol. The molecule has 1 aromatic carbocycles. The van der Waals surface area contributed by atoms with Crippen molar-refractivity contribution in [3.8, 4) is 16.9 Å². The van der Waals surface area contributed by atoms with E-state index in [-0.39, 0.29) is 5.91 Å². The fraction of sp³-hybridized carbons (Fsp3) is 0. The summed E-state index contributed by atoms with van der Waals surface area (Å²) in [7, 11) is 0. The number of primary amides is 1. The highest BCUT2D eigenvalue weighted by molar-refractivity contribution is 7.14. The van der Waals surface area contributed by atoms with Crippen LogP contribution in [-0.4, -0.2) is 42.0 Å². The maximum atomic E-state index is 12.7. The molecule has 0 atom stereocenters. The molecule has 4 N–H and O–H groups in total. The minimum Gasteiger partial charge on any atom is -0.364 e. The average molecular weight is 380 g/mol. The first kappa shape index (κ1) is 16.6. The van der Waals surface area contributed by atoms with E-state index >= 15 is 0 Å². The van der Waals surface area contributed by atoms with Crippen LogP contribution in [0.2, 0.25) is 0 Å². The molecule has 3 heterocycles. The first-order valence-electron chi connectivity index (χ1n) is 7.69. The van der Waals surface area contributed by atoms with Crippen molar-refractivity contribution in [2.45, 2.75) is 0 Å². The van der Waals surface area contributed by atoms with Crippen LogP contribution in [0, 0.1) is 0 Å². The van der Waals surface area contributed by atoms with E-state index in [0.29, 0.717) is 33.3 Å². The third kappa shape index (κ3) is 3.30. The van der Waals surface area contributed by atoms with Crippen LogP contribution in [0.1, 0.15) is 20.8 Å². The number of hydrogen-bond acceptors (Lipinski definition) is 7. The molecule has 0 radical (unpaired) electrons. The van der Waals surface area contributed by atoms with E-state index in [1.54, 1.807) is 41.9 Å². The Hall–Kier alpha value is -3.86. The van der Waals surface area contributed by atoms with Crippen molar-refractivity contribution in [3.05, 3.63) is 59.5 Å². The first-order chi connectivity index (χ1) is 13.1. The van der Waals surface area contributed by atoms with Crippen molar-refractivity contribution in [2.24, 2.45) is 5.73 Å². The molecule has 0 saturated heterocycles. The summed E-state index contributed by atoms with van der Waals surface area (Å²) in [6.07, 6.45) is 3.05. The maximum Gasteiger partial charge on any atom is 0.265 e. The zero-order chi connectivity index (χ0) is 18.8. The Morgan fingerprint density at radius 2 is 2.11 bits per heavy atom. The van der Waals surface area contributed by atoms with Crippen molar-refractivity contribution in [3.63, 3.8) is 0 Å². The smallest absolute Gasteiger partial charge is 0.265 e. The molecule has 134 valence electrons.